The van der Waals surface area contributed by atoms with Gasteiger partial charge in [0, 0.05) is 5.69 Å². The first kappa shape index (κ1) is 14.0. The zero-order chi connectivity index (χ0) is 14.7. The molecule has 1 aromatic heterocycles. The lowest BCUT2D eigenvalue weighted by atomic mass is 9.98. The fraction of sp³-hybridized carbons (Fsp3) is 0.133. The zero-order valence-electron chi connectivity index (χ0n) is 11.0. The van der Waals surface area contributed by atoms with E-state index in [-0.39, 0.29) is 0 Å². The molecule has 0 unspecified atom stereocenters. The normalized spacial score (nSPS) is 9.90. The summed E-state index contributed by atoms with van der Waals surface area (Å²) in [6.07, 6.45) is 0. The van der Waals surface area contributed by atoms with Crippen LogP contribution in [0.25, 0.3) is 11.1 Å². The number of hydrogen-bond acceptors (Lipinski definition) is 4. The molecule has 0 aliphatic heterocycles. The van der Waals surface area contributed by atoms with E-state index >= 15 is 0 Å². The van der Waals surface area contributed by atoms with Crippen molar-refractivity contribution in [2.75, 3.05) is 7.11 Å². The van der Waals surface area contributed by atoms with Crippen LogP contribution in [0.3, 0.4) is 0 Å². The molecule has 5 heteroatoms. The Morgan fingerprint density at radius 1 is 1.35 bits per heavy atom. The minimum absolute atomic E-state index is 0.327. The third-order valence-electron chi connectivity index (χ3n) is 2.79. The van der Waals surface area contributed by atoms with Gasteiger partial charge < -0.3 is 4.74 Å². The van der Waals surface area contributed by atoms with E-state index in [1.54, 1.807) is 18.2 Å². The molecule has 100 valence electrons. The number of hydrogen-bond donors (Lipinski definition) is 0. The van der Waals surface area contributed by atoms with Gasteiger partial charge in [-0.1, -0.05) is 17.7 Å². The van der Waals surface area contributed by atoms with Gasteiger partial charge >= 0.3 is 5.97 Å². The summed E-state index contributed by atoms with van der Waals surface area (Å²) in [5.74, 6) is -0.498. The minimum Gasteiger partial charge on any atom is -0.465 e. The van der Waals surface area contributed by atoms with Crippen LogP contribution in [-0.2, 0) is 4.74 Å². The zero-order valence-corrected chi connectivity index (χ0v) is 11.7. The van der Waals surface area contributed by atoms with E-state index in [0.717, 1.165) is 11.3 Å². The van der Waals surface area contributed by atoms with Crippen LogP contribution in [0.5, 0.6) is 0 Å². The fourth-order valence-electron chi connectivity index (χ4n) is 1.93. The molecule has 0 bridgehead atoms. The van der Waals surface area contributed by atoms with Gasteiger partial charge in [-0.15, -0.1) is 0 Å². The maximum atomic E-state index is 11.9. The average molecular weight is 287 g/mol. The highest BCUT2D eigenvalue weighted by Crippen LogP contribution is 2.27. The Morgan fingerprint density at radius 3 is 2.70 bits per heavy atom. The van der Waals surface area contributed by atoms with Crippen molar-refractivity contribution in [1.82, 2.24) is 4.98 Å². The number of carbonyl (C=O) groups excluding carboxylic acids is 1. The molecule has 0 fully saturated rings. The van der Waals surface area contributed by atoms with Crippen LogP contribution in [0.15, 0.2) is 30.3 Å². The van der Waals surface area contributed by atoms with Gasteiger partial charge in [0.15, 0.2) is 0 Å². The molecule has 0 aliphatic rings. The number of esters is 1. The van der Waals surface area contributed by atoms with Gasteiger partial charge in [-0.25, -0.2) is 9.78 Å². The van der Waals surface area contributed by atoms with Gasteiger partial charge in [0.2, 0.25) is 0 Å². The summed E-state index contributed by atoms with van der Waals surface area (Å²) in [5, 5.41) is 9.28. The Balaban J connectivity index is 2.67. The lowest BCUT2D eigenvalue weighted by Crippen LogP contribution is -2.04. The summed E-state index contributed by atoms with van der Waals surface area (Å²) in [6.45, 7) is 1.82. The first-order chi connectivity index (χ1) is 9.55. The molecular formula is C15H11ClN2O2. The van der Waals surface area contributed by atoms with Gasteiger partial charge in [0.1, 0.15) is 5.15 Å². The number of nitrogens with zero attached hydrogens (tertiary/aromatic N) is 2. The molecule has 1 heterocycles. The number of rotatable bonds is 2. The molecule has 0 aliphatic carbocycles. The van der Waals surface area contributed by atoms with Crippen molar-refractivity contribution < 1.29 is 9.53 Å². The van der Waals surface area contributed by atoms with Crippen LogP contribution in [0, 0.1) is 18.3 Å². The SMILES string of the molecule is COC(=O)c1cc(C#N)ccc1-c1cc(C)nc(Cl)c1. The summed E-state index contributed by atoms with van der Waals surface area (Å²) >= 11 is 5.94. The third-order valence-corrected chi connectivity index (χ3v) is 2.98. The van der Waals surface area contributed by atoms with Crippen molar-refractivity contribution in [1.29, 1.82) is 5.26 Å². The van der Waals surface area contributed by atoms with Gasteiger partial charge in [-0.3, -0.25) is 0 Å². The number of benzene rings is 1. The van der Waals surface area contributed by atoms with Gasteiger partial charge in [0.25, 0.3) is 0 Å². The Morgan fingerprint density at radius 2 is 2.10 bits per heavy atom. The molecule has 0 amide bonds. The van der Waals surface area contributed by atoms with Crippen molar-refractivity contribution in [3.63, 3.8) is 0 Å². The lowest BCUT2D eigenvalue weighted by molar-refractivity contribution is 0.0601. The highest BCUT2D eigenvalue weighted by molar-refractivity contribution is 6.29. The van der Waals surface area contributed by atoms with E-state index in [9.17, 15) is 4.79 Å². The van der Waals surface area contributed by atoms with Gasteiger partial charge in [0.05, 0.1) is 24.3 Å². The highest BCUT2D eigenvalue weighted by atomic mass is 35.5. The Labute approximate surface area is 121 Å². The summed E-state index contributed by atoms with van der Waals surface area (Å²) in [6, 6.07) is 10.3. The van der Waals surface area contributed by atoms with Crippen LogP contribution < -0.4 is 0 Å². The van der Waals surface area contributed by atoms with Crippen LogP contribution in [0.1, 0.15) is 21.6 Å². The minimum atomic E-state index is -0.498. The van der Waals surface area contributed by atoms with Gasteiger partial charge in [-0.05, 0) is 42.3 Å². The van der Waals surface area contributed by atoms with Crippen molar-refractivity contribution in [3.8, 4) is 17.2 Å². The van der Waals surface area contributed by atoms with Crippen LogP contribution in [-0.4, -0.2) is 18.1 Å². The summed E-state index contributed by atoms with van der Waals surface area (Å²) in [5.41, 5.74) is 2.88. The lowest BCUT2D eigenvalue weighted by Gasteiger charge is -2.09. The van der Waals surface area contributed by atoms with Gasteiger partial charge in [-0.2, -0.15) is 5.26 Å². The number of aromatic nitrogens is 1. The second-order valence-corrected chi connectivity index (χ2v) is 4.57. The number of nitriles is 1. The van der Waals surface area contributed by atoms with E-state index in [1.165, 1.54) is 13.2 Å². The number of halogens is 1. The molecule has 0 atom stereocenters. The predicted octanol–water partition coefficient (Wildman–Crippen LogP) is 3.37. The quantitative estimate of drug-likeness (QED) is 0.627. The molecule has 0 spiro atoms. The highest BCUT2D eigenvalue weighted by Gasteiger charge is 2.15. The average Bonchev–Trinajstić information content (AvgIpc) is 2.44. The Bertz CT molecular complexity index is 700. The molecular weight excluding hydrogens is 276 g/mol. The van der Waals surface area contributed by atoms with Crippen LogP contribution in [0.2, 0.25) is 5.15 Å². The van der Waals surface area contributed by atoms with E-state index in [4.69, 9.17) is 21.6 Å². The summed E-state index contributed by atoms with van der Waals surface area (Å²) < 4.78 is 4.76. The molecule has 0 radical (unpaired) electrons. The molecule has 2 aromatic rings. The van der Waals surface area contributed by atoms with Crippen LogP contribution >= 0.6 is 11.6 Å². The maximum Gasteiger partial charge on any atom is 0.338 e. The smallest absolute Gasteiger partial charge is 0.338 e. The summed E-state index contributed by atoms with van der Waals surface area (Å²) in [7, 11) is 1.30. The Kier molecular flexibility index (Phi) is 4.02. The molecule has 1 aromatic carbocycles. The standard InChI is InChI=1S/C15H11ClN2O2/c1-9-5-11(7-14(16)18-9)12-4-3-10(8-17)6-13(12)15(19)20-2/h3-7H,1-2H3. The molecule has 0 N–H and O–H groups in total. The van der Waals surface area contributed by atoms with Crippen molar-refractivity contribution in [2.45, 2.75) is 6.92 Å². The number of ether oxygens (including phenoxy) is 1. The second kappa shape index (κ2) is 5.72. The molecule has 20 heavy (non-hydrogen) atoms. The fourth-order valence-corrected chi connectivity index (χ4v) is 2.18. The Hall–Kier alpha value is -2.38. The first-order valence-electron chi connectivity index (χ1n) is 5.82. The largest absolute Gasteiger partial charge is 0.465 e. The van der Waals surface area contributed by atoms with E-state index in [2.05, 4.69) is 4.98 Å². The van der Waals surface area contributed by atoms with Crippen molar-refractivity contribution in [2.24, 2.45) is 0 Å². The molecule has 0 saturated carbocycles. The monoisotopic (exact) mass is 286 g/mol. The third kappa shape index (κ3) is 2.79. The number of pyridine rings is 1. The number of aryl methyl sites for hydroxylation is 1. The number of carbonyl (C=O) groups is 1. The van der Waals surface area contributed by atoms with Crippen LogP contribution in [0.4, 0.5) is 0 Å². The molecule has 4 nitrogen and oxygen atoms in total. The maximum absolute atomic E-state index is 11.9. The molecule has 0 saturated heterocycles. The van der Waals surface area contributed by atoms with Crippen molar-refractivity contribution in [3.05, 3.63) is 52.3 Å². The topological polar surface area (TPSA) is 63.0 Å². The number of methoxy groups -OCH3 is 1. The summed E-state index contributed by atoms with van der Waals surface area (Å²) in [4.78, 5) is 16.0. The molecule has 2 rings (SSSR count). The predicted molar refractivity (Wildman–Crippen MR) is 75.5 cm³/mol. The van der Waals surface area contributed by atoms with E-state index in [1.807, 2.05) is 19.1 Å². The van der Waals surface area contributed by atoms with Crippen molar-refractivity contribution >= 4 is 17.6 Å². The first-order valence-corrected chi connectivity index (χ1v) is 6.20. The second-order valence-electron chi connectivity index (χ2n) is 4.18. The van der Waals surface area contributed by atoms with E-state index in [0.29, 0.717) is 21.8 Å². The van der Waals surface area contributed by atoms with E-state index < -0.39 is 5.97 Å².